The summed E-state index contributed by atoms with van der Waals surface area (Å²) >= 11 is 0. The normalized spacial score (nSPS) is 11.7. The van der Waals surface area contributed by atoms with Gasteiger partial charge >= 0.3 is 11.9 Å². The molecule has 3 N–H and O–H groups in total. The van der Waals surface area contributed by atoms with E-state index in [1.807, 2.05) is 36.7 Å². The van der Waals surface area contributed by atoms with Gasteiger partial charge in [0.05, 0.1) is 23.3 Å². The van der Waals surface area contributed by atoms with Crippen molar-refractivity contribution in [2.75, 3.05) is 20.6 Å². The number of carbonyl (C=O) groups is 2. The number of hydrogen-bond donors (Lipinski definition) is 3. The number of nitrogens with zero attached hydrogens (tertiary/aromatic N) is 3. The first-order valence-corrected chi connectivity index (χ1v) is 10.2. The number of carboxylic acids is 2. The van der Waals surface area contributed by atoms with Crippen LogP contribution in [0.2, 0.25) is 0 Å². The molecule has 0 spiro atoms. The van der Waals surface area contributed by atoms with Gasteiger partial charge in [-0.3, -0.25) is 9.47 Å². The maximum Gasteiger partial charge on any atom is 0.414 e. The zero-order chi connectivity index (χ0) is 23.8. The van der Waals surface area contributed by atoms with Crippen LogP contribution in [0.5, 0.6) is 0 Å². The summed E-state index contributed by atoms with van der Waals surface area (Å²) in [6, 6.07) is 21.0. The summed E-state index contributed by atoms with van der Waals surface area (Å²) in [7, 11) is 4.14. The lowest BCUT2D eigenvalue weighted by atomic mass is 10.1. The monoisotopic (exact) mass is 450 g/mol. The van der Waals surface area contributed by atoms with Crippen LogP contribution in [0.4, 0.5) is 0 Å². The van der Waals surface area contributed by atoms with Crippen molar-refractivity contribution in [2.24, 2.45) is 0 Å². The van der Waals surface area contributed by atoms with Crippen LogP contribution in [0.15, 0.2) is 77.7 Å². The third-order valence-electron chi connectivity index (χ3n) is 5.01. The number of para-hydroxylation sites is 2. The fourth-order valence-corrected chi connectivity index (χ4v) is 3.31. The summed E-state index contributed by atoms with van der Waals surface area (Å²) in [5.74, 6) is -2.67. The first kappa shape index (κ1) is 23.7. The Balaban J connectivity index is 0.000000454. The predicted molar refractivity (Wildman–Crippen MR) is 123 cm³/mol. The van der Waals surface area contributed by atoms with E-state index >= 15 is 0 Å². The fraction of sp³-hybridized carbons (Fsp3) is 0.208. The summed E-state index contributed by atoms with van der Waals surface area (Å²) in [6.07, 6.45) is 3.60. The molecule has 9 nitrogen and oxygen atoms in total. The van der Waals surface area contributed by atoms with Gasteiger partial charge in [-0.1, -0.05) is 24.3 Å². The maximum atomic E-state index is 9.10. The van der Waals surface area contributed by atoms with Crippen LogP contribution in [0.3, 0.4) is 0 Å². The topological polar surface area (TPSA) is 121 Å². The highest BCUT2D eigenvalue weighted by Gasteiger charge is 2.16. The summed E-state index contributed by atoms with van der Waals surface area (Å²) in [5, 5.41) is 18.3. The fourth-order valence-electron chi connectivity index (χ4n) is 3.31. The lowest BCUT2D eigenvalue weighted by molar-refractivity contribution is -0.159. The molecule has 1 atom stereocenters. The molecule has 0 aliphatic heterocycles. The van der Waals surface area contributed by atoms with Gasteiger partial charge in [-0.25, -0.2) is 14.6 Å². The minimum absolute atomic E-state index is 0.219. The number of hydrogen-bond acceptors (Lipinski definition) is 6. The highest BCUT2D eigenvalue weighted by molar-refractivity contribution is 6.27. The second-order valence-electron chi connectivity index (χ2n) is 7.51. The molecule has 0 aliphatic carbocycles. The molecule has 1 unspecified atom stereocenters. The van der Waals surface area contributed by atoms with Gasteiger partial charge < -0.3 is 19.9 Å². The molecular formula is C24H26N4O5. The van der Waals surface area contributed by atoms with E-state index in [4.69, 9.17) is 24.2 Å². The van der Waals surface area contributed by atoms with Gasteiger partial charge in [0.15, 0.2) is 0 Å². The van der Waals surface area contributed by atoms with Gasteiger partial charge in [-0.15, -0.1) is 0 Å². The average Bonchev–Trinajstić information content (AvgIpc) is 3.47. The SMILES string of the molecule is CN(C)C(CNCc1ccc(-n2cnc3ccccc32)cc1)c1ccco1.O=C(O)C(=O)O. The summed E-state index contributed by atoms with van der Waals surface area (Å²) in [4.78, 5) is 24.8. The summed E-state index contributed by atoms with van der Waals surface area (Å²) in [6.45, 7) is 1.64. The van der Waals surface area contributed by atoms with Crippen LogP contribution in [0.1, 0.15) is 17.4 Å². The van der Waals surface area contributed by atoms with E-state index in [9.17, 15) is 0 Å². The minimum Gasteiger partial charge on any atom is -0.473 e. The Bertz CT molecular complexity index is 1170. The number of carboxylic acid groups (broad SMARTS) is 2. The molecule has 4 aromatic rings. The summed E-state index contributed by atoms with van der Waals surface area (Å²) < 4.78 is 7.68. The first-order chi connectivity index (χ1) is 15.9. The predicted octanol–water partition coefficient (Wildman–Crippen LogP) is 3.17. The number of fused-ring (bicyclic) bond motifs is 1. The number of imidazole rings is 1. The molecular weight excluding hydrogens is 424 g/mol. The van der Waals surface area contributed by atoms with Crippen molar-refractivity contribution in [3.63, 3.8) is 0 Å². The second-order valence-corrected chi connectivity index (χ2v) is 7.51. The Morgan fingerprint density at radius 2 is 1.73 bits per heavy atom. The van der Waals surface area contributed by atoms with Crippen molar-refractivity contribution in [1.82, 2.24) is 19.8 Å². The standard InChI is InChI=1S/C22H24N4O.C2H2O4/c1-25(2)21(22-8-5-13-27-22)15-23-14-17-9-11-18(12-10-17)26-16-24-19-6-3-4-7-20(19)26;3-1(4)2(5)6/h3-13,16,21,23H,14-15H2,1-2H3;(H,3,4)(H,5,6). The number of rotatable bonds is 7. The molecule has 0 amide bonds. The molecule has 2 heterocycles. The number of likely N-dealkylation sites (N-methyl/N-ethyl adjacent to an activating group) is 1. The minimum atomic E-state index is -1.82. The van der Waals surface area contributed by atoms with Crippen molar-refractivity contribution < 1.29 is 24.2 Å². The van der Waals surface area contributed by atoms with Gasteiger partial charge in [0.2, 0.25) is 0 Å². The van der Waals surface area contributed by atoms with E-state index in [0.717, 1.165) is 35.6 Å². The lowest BCUT2D eigenvalue weighted by Crippen LogP contribution is -2.30. The molecule has 0 saturated heterocycles. The molecule has 0 aliphatic rings. The Morgan fingerprint density at radius 3 is 2.33 bits per heavy atom. The molecule has 172 valence electrons. The number of benzene rings is 2. The first-order valence-electron chi connectivity index (χ1n) is 10.2. The Hall–Kier alpha value is -3.95. The van der Waals surface area contributed by atoms with Gasteiger partial charge in [0.1, 0.15) is 12.1 Å². The molecule has 2 aromatic carbocycles. The Morgan fingerprint density at radius 1 is 1.03 bits per heavy atom. The molecule has 0 saturated carbocycles. The van der Waals surface area contributed by atoms with Crippen LogP contribution in [-0.2, 0) is 16.1 Å². The number of furan rings is 1. The molecule has 0 radical (unpaired) electrons. The molecule has 4 rings (SSSR count). The van der Waals surface area contributed by atoms with E-state index in [0.29, 0.717) is 0 Å². The van der Waals surface area contributed by atoms with Gasteiger partial charge in [0, 0.05) is 18.8 Å². The van der Waals surface area contributed by atoms with Gasteiger partial charge in [-0.05, 0) is 56.1 Å². The van der Waals surface area contributed by atoms with Crippen molar-refractivity contribution in [1.29, 1.82) is 0 Å². The maximum absolute atomic E-state index is 9.10. The Labute approximate surface area is 190 Å². The second kappa shape index (κ2) is 11.1. The van der Waals surface area contributed by atoms with Crippen molar-refractivity contribution >= 4 is 23.0 Å². The van der Waals surface area contributed by atoms with Crippen LogP contribution in [0.25, 0.3) is 16.7 Å². The van der Waals surface area contributed by atoms with Crippen LogP contribution >= 0.6 is 0 Å². The van der Waals surface area contributed by atoms with Crippen molar-refractivity contribution in [2.45, 2.75) is 12.6 Å². The largest absolute Gasteiger partial charge is 0.473 e. The molecule has 0 bridgehead atoms. The zero-order valence-corrected chi connectivity index (χ0v) is 18.4. The molecule has 0 fully saturated rings. The zero-order valence-electron chi connectivity index (χ0n) is 18.4. The Kier molecular flexibility index (Phi) is 7.96. The summed E-state index contributed by atoms with van der Waals surface area (Å²) in [5.41, 5.74) is 4.50. The number of nitrogens with one attached hydrogen (secondary N) is 1. The van der Waals surface area contributed by atoms with E-state index in [-0.39, 0.29) is 6.04 Å². The molecule has 33 heavy (non-hydrogen) atoms. The molecule has 9 heteroatoms. The van der Waals surface area contributed by atoms with Gasteiger partial charge in [0.25, 0.3) is 0 Å². The van der Waals surface area contributed by atoms with Gasteiger partial charge in [-0.2, -0.15) is 0 Å². The van der Waals surface area contributed by atoms with E-state index in [1.54, 1.807) is 6.26 Å². The quantitative estimate of drug-likeness (QED) is 0.367. The average molecular weight is 450 g/mol. The van der Waals surface area contributed by atoms with E-state index in [2.05, 4.69) is 64.2 Å². The van der Waals surface area contributed by atoms with Crippen molar-refractivity contribution in [3.8, 4) is 5.69 Å². The highest BCUT2D eigenvalue weighted by Crippen LogP contribution is 2.19. The smallest absolute Gasteiger partial charge is 0.414 e. The third kappa shape index (κ3) is 6.28. The lowest BCUT2D eigenvalue weighted by Gasteiger charge is -2.22. The highest BCUT2D eigenvalue weighted by atomic mass is 16.4. The van der Waals surface area contributed by atoms with Crippen LogP contribution in [0, 0.1) is 0 Å². The van der Waals surface area contributed by atoms with Crippen LogP contribution < -0.4 is 5.32 Å². The van der Waals surface area contributed by atoms with E-state index in [1.165, 1.54) is 5.56 Å². The number of aromatic nitrogens is 2. The third-order valence-corrected chi connectivity index (χ3v) is 5.01. The van der Waals surface area contributed by atoms with Crippen LogP contribution in [-0.4, -0.2) is 57.2 Å². The molecule has 2 aromatic heterocycles. The van der Waals surface area contributed by atoms with E-state index < -0.39 is 11.9 Å². The van der Waals surface area contributed by atoms with Crippen molar-refractivity contribution in [3.05, 3.63) is 84.6 Å². The number of aliphatic carboxylic acids is 2.